The fraction of sp³-hybridized carbons (Fsp3) is 0.273. The monoisotopic (exact) mass is 397 g/mol. The van der Waals surface area contributed by atoms with E-state index in [0.29, 0.717) is 34.1 Å². The first kappa shape index (κ1) is 20.4. The molecule has 3 rings (SSSR count). The summed E-state index contributed by atoms with van der Waals surface area (Å²) in [5, 5.41) is 7.47. The largest absolute Gasteiger partial charge is 0.493 e. The Labute approximate surface area is 169 Å². The van der Waals surface area contributed by atoms with Crippen LogP contribution in [0.2, 0.25) is 0 Å². The first-order valence-electron chi connectivity index (χ1n) is 9.20. The second-order valence-corrected chi connectivity index (χ2v) is 6.74. The summed E-state index contributed by atoms with van der Waals surface area (Å²) in [6, 6.07) is 11.3. The van der Waals surface area contributed by atoms with Gasteiger partial charge in [0.15, 0.2) is 11.5 Å². The maximum absolute atomic E-state index is 13.2. The van der Waals surface area contributed by atoms with Gasteiger partial charge in [0.1, 0.15) is 5.82 Å². The second kappa shape index (κ2) is 8.34. The van der Waals surface area contributed by atoms with E-state index in [2.05, 4.69) is 10.4 Å². The van der Waals surface area contributed by atoms with Gasteiger partial charge in [-0.05, 0) is 62.7 Å². The van der Waals surface area contributed by atoms with Crippen LogP contribution in [0.15, 0.2) is 42.5 Å². The third-order valence-corrected chi connectivity index (χ3v) is 4.84. The molecule has 1 N–H and O–H groups in total. The summed E-state index contributed by atoms with van der Waals surface area (Å²) in [5.41, 5.74) is 3.37. The van der Waals surface area contributed by atoms with Crippen molar-refractivity contribution in [3.8, 4) is 17.2 Å². The number of aromatic nitrogens is 2. The molecule has 0 aliphatic rings. The van der Waals surface area contributed by atoms with Crippen molar-refractivity contribution in [1.82, 2.24) is 15.1 Å². The lowest BCUT2D eigenvalue weighted by atomic mass is 10.1. The molecule has 152 valence electrons. The molecule has 0 aliphatic heterocycles. The minimum absolute atomic E-state index is 0.226. The Morgan fingerprint density at radius 3 is 2.34 bits per heavy atom. The summed E-state index contributed by atoms with van der Waals surface area (Å²) in [6.45, 7) is 5.50. The van der Waals surface area contributed by atoms with Gasteiger partial charge in [0.2, 0.25) is 0 Å². The maximum atomic E-state index is 13.2. The van der Waals surface area contributed by atoms with Gasteiger partial charge in [-0.15, -0.1) is 0 Å². The molecular weight excluding hydrogens is 373 g/mol. The predicted molar refractivity (Wildman–Crippen MR) is 108 cm³/mol. The smallest absolute Gasteiger partial charge is 0.255 e. The van der Waals surface area contributed by atoms with Gasteiger partial charge in [-0.2, -0.15) is 5.10 Å². The maximum Gasteiger partial charge on any atom is 0.255 e. The lowest BCUT2D eigenvalue weighted by Crippen LogP contribution is -2.27. The molecule has 0 saturated heterocycles. The Hall–Kier alpha value is -3.35. The number of nitrogens with one attached hydrogen (secondary N) is 1. The third kappa shape index (κ3) is 4.08. The molecule has 0 fully saturated rings. The predicted octanol–water partition coefficient (Wildman–Crippen LogP) is 4.14. The fourth-order valence-corrected chi connectivity index (χ4v) is 3.28. The summed E-state index contributed by atoms with van der Waals surface area (Å²) in [6.07, 6.45) is 0. The van der Waals surface area contributed by atoms with Crippen molar-refractivity contribution in [2.45, 2.75) is 26.8 Å². The van der Waals surface area contributed by atoms with Crippen molar-refractivity contribution in [2.75, 3.05) is 14.2 Å². The van der Waals surface area contributed by atoms with E-state index in [-0.39, 0.29) is 17.8 Å². The first-order valence-corrected chi connectivity index (χ1v) is 9.20. The number of hydrogen-bond donors (Lipinski definition) is 1. The molecule has 1 unspecified atom stereocenters. The van der Waals surface area contributed by atoms with Crippen LogP contribution < -0.4 is 14.8 Å². The zero-order valence-corrected chi connectivity index (χ0v) is 17.1. The molecule has 0 radical (unpaired) electrons. The Kier molecular flexibility index (Phi) is 5.87. The van der Waals surface area contributed by atoms with Crippen LogP contribution in [0.5, 0.6) is 11.5 Å². The fourth-order valence-electron chi connectivity index (χ4n) is 3.28. The van der Waals surface area contributed by atoms with E-state index in [4.69, 9.17) is 9.47 Å². The zero-order valence-electron chi connectivity index (χ0n) is 17.1. The first-order chi connectivity index (χ1) is 13.8. The molecule has 2 aromatic carbocycles. The molecule has 0 saturated carbocycles. The third-order valence-electron chi connectivity index (χ3n) is 4.84. The number of hydrogen-bond acceptors (Lipinski definition) is 4. The van der Waals surface area contributed by atoms with E-state index < -0.39 is 0 Å². The van der Waals surface area contributed by atoms with E-state index in [1.807, 2.05) is 26.0 Å². The summed E-state index contributed by atoms with van der Waals surface area (Å²) in [5.74, 6) is 0.678. The average molecular weight is 397 g/mol. The summed E-state index contributed by atoms with van der Waals surface area (Å²) < 4.78 is 25.5. The number of ether oxygens (including phenoxy) is 2. The van der Waals surface area contributed by atoms with Gasteiger partial charge in [-0.1, -0.05) is 6.07 Å². The molecule has 29 heavy (non-hydrogen) atoms. The van der Waals surface area contributed by atoms with E-state index >= 15 is 0 Å². The number of amides is 1. The highest BCUT2D eigenvalue weighted by Crippen LogP contribution is 2.30. The van der Waals surface area contributed by atoms with Crippen molar-refractivity contribution in [2.24, 2.45) is 0 Å². The van der Waals surface area contributed by atoms with Crippen LogP contribution in [0.25, 0.3) is 5.69 Å². The number of halogens is 1. The number of nitrogens with zero attached hydrogens (tertiary/aromatic N) is 2. The molecule has 6 nitrogen and oxygen atoms in total. The standard InChI is InChI=1S/C22H24FN3O3/c1-13(16-6-11-19(28-4)20(12-16)29-5)24-22(27)21-14(2)25-26(15(21)3)18-9-7-17(23)8-10-18/h6-13H,1-5H3,(H,24,27). The SMILES string of the molecule is COc1ccc(C(C)NC(=O)c2c(C)nn(-c3ccc(F)cc3)c2C)cc1OC. The normalized spacial score (nSPS) is 11.8. The molecule has 1 atom stereocenters. The van der Waals surface area contributed by atoms with E-state index in [0.717, 1.165) is 5.56 Å². The van der Waals surface area contributed by atoms with Crippen LogP contribution in [-0.2, 0) is 0 Å². The highest BCUT2D eigenvalue weighted by atomic mass is 19.1. The van der Waals surface area contributed by atoms with E-state index in [9.17, 15) is 9.18 Å². The van der Waals surface area contributed by atoms with Crippen LogP contribution in [0.3, 0.4) is 0 Å². The topological polar surface area (TPSA) is 65.4 Å². The molecule has 0 aliphatic carbocycles. The van der Waals surface area contributed by atoms with Crippen molar-refractivity contribution in [3.63, 3.8) is 0 Å². The molecule has 1 heterocycles. The molecule has 1 aromatic heterocycles. The number of benzene rings is 2. The zero-order chi connectivity index (χ0) is 21.1. The van der Waals surface area contributed by atoms with Gasteiger partial charge in [0.25, 0.3) is 5.91 Å². The van der Waals surface area contributed by atoms with Crippen molar-refractivity contribution < 1.29 is 18.7 Å². The van der Waals surface area contributed by atoms with E-state index in [1.165, 1.54) is 12.1 Å². The number of carbonyl (C=O) groups is 1. The van der Waals surface area contributed by atoms with Gasteiger partial charge in [0.05, 0.1) is 42.9 Å². The summed E-state index contributed by atoms with van der Waals surface area (Å²) >= 11 is 0. The second-order valence-electron chi connectivity index (χ2n) is 6.74. The van der Waals surface area contributed by atoms with Gasteiger partial charge in [-0.3, -0.25) is 4.79 Å². The Morgan fingerprint density at radius 1 is 1.07 bits per heavy atom. The number of carbonyl (C=O) groups excluding carboxylic acids is 1. The molecule has 7 heteroatoms. The van der Waals surface area contributed by atoms with Crippen LogP contribution in [0.1, 0.15) is 40.3 Å². The van der Waals surface area contributed by atoms with Crippen LogP contribution >= 0.6 is 0 Å². The van der Waals surface area contributed by atoms with Gasteiger partial charge >= 0.3 is 0 Å². The average Bonchev–Trinajstić information content (AvgIpc) is 3.01. The molecule has 0 spiro atoms. The molecule has 0 bridgehead atoms. The number of aryl methyl sites for hydroxylation is 1. The van der Waals surface area contributed by atoms with Crippen molar-refractivity contribution in [1.29, 1.82) is 0 Å². The lowest BCUT2D eigenvalue weighted by Gasteiger charge is -2.17. The number of rotatable bonds is 6. The summed E-state index contributed by atoms with van der Waals surface area (Å²) in [7, 11) is 3.15. The van der Waals surface area contributed by atoms with Gasteiger partial charge in [0, 0.05) is 0 Å². The van der Waals surface area contributed by atoms with Crippen LogP contribution in [-0.4, -0.2) is 29.9 Å². The minimum atomic E-state index is -0.322. The highest BCUT2D eigenvalue weighted by Gasteiger charge is 2.21. The Balaban J connectivity index is 1.85. The van der Waals surface area contributed by atoms with Crippen LogP contribution in [0.4, 0.5) is 4.39 Å². The molecule has 3 aromatic rings. The molecular formula is C22H24FN3O3. The van der Waals surface area contributed by atoms with E-state index in [1.54, 1.807) is 44.0 Å². The van der Waals surface area contributed by atoms with Gasteiger partial charge in [-0.25, -0.2) is 9.07 Å². The van der Waals surface area contributed by atoms with Crippen molar-refractivity contribution >= 4 is 5.91 Å². The van der Waals surface area contributed by atoms with Gasteiger partial charge < -0.3 is 14.8 Å². The Morgan fingerprint density at radius 2 is 1.72 bits per heavy atom. The van der Waals surface area contributed by atoms with Crippen LogP contribution in [0, 0.1) is 19.7 Å². The molecule has 1 amide bonds. The minimum Gasteiger partial charge on any atom is -0.493 e. The van der Waals surface area contributed by atoms with Crippen molar-refractivity contribution in [3.05, 3.63) is 70.8 Å². The Bertz CT molecular complexity index is 1030. The lowest BCUT2D eigenvalue weighted by molar-refractivity contribution is 0.0938. The number of methoxy groups -OCH3 is 2. The summed E-state index contributed by atoms with van der Waals surface area (Å²) in [4.78, 5) is 13.0. The highest BCUT2D eigenvalue weighted by molar-refractivity contribution is 5.96. The quantitative estimate of drug-likeness (QED) is 0.679.